The lowest BCUT2D eigenvalue weighted by atomic mass is 9.97. The van der Waals surface area contributed by atoms with Gasteiger partial charge in [0.05, 0.1) is 0 Å². The quantitative estimate of drug-likeness (QED) is 0.503. The highest BCUT2D eigenvalue weighted by molar-refractivity contribution is 6.32. The largest absolute Gasteiger partial charge is 0.147 e. The minimum Gasteiger partial charge on any atom is -0.147 e. The van der Waals surface area contributed by atoms with Crippen molar-refractivity contribution >= 4 is 38.1 Å². The van der Waals surface area contributed by atoms with Crippen molar-refractivity contribution in [1.82, 2.24) is 0 Å². The topological polar surface area (TPSA) is 0 Å². The second kappa shape index (κ2) is 5.99. The van der Waals surface area contributed by atoms with E-state index in [4.69, 9.17) is 7.85 Å². The fraction of sp³-hybridized carbons (Fsp3) is 0. The van der Waals surface area contributed by atoms with Gasteiger partial charge in [-0.1, -0.05) is 35.8 Å². The average Bonchev–Trinajstić information content (AvgIpc) is 1.69. The van der Waals surface area contributed by atoms with Gasteiger partial charge in [-0.25, -0.2) is 0 Å². The summed E-state index contributed by atoms with van der Waals surface area (Å²) in [6.07, 6.45) is 0. The molecular weight excluding hydrogens is 154 g/mol. The standard InChI is InChI=1S/C6H5B.2ClH/c7-6-4-2-1-3-5-6;;/h1-5H;2*1H. The van der Waals surface area contributed by atoms with E-state index < -0.39 is 0 Å². The van der Waals surface area contributed by atoms with E-state index in [1.54, 1.807) is 0 Å². The van der Waals surface area contributed by atoms with Crippen molar-refractivity contribution in [2.24, 2.45) is 0 Å². The van der Waals surface area contributed by atoms with Crippen LogP contribution in [0.25, 0.3) is 0 Å². The molecule has 0 aliphatic heterocycles. The minimum absolute atomic E-state index is 0. The highest BCUT2D eigenvalue weighted by Gasteiger charge is 1.71. The Morgan fingerprint density at radius 3 is 1.56 bits per heavy atom. The molecule has 0 N–H and O–H groups in total. The SMILES string of the molecule is Cl.Cl.[B]c1ccccc1. The van der Waals surface area contributed by atoms with Crippen molar-refractivity contribution in [3.63, 3.8) is 0 Å². The second-order valence-corrected chi connectivity index (χ2v) is 1.41. The molecule has 1 aromatic rings. The maximum absolute atomic E-state index is 5.36. The molecule has 0 atom stereocenters. The first kappa shape index (κ1) is 11.6. The van der Waals surface area contributed by atoms with Crippen molar-refractivity contribution in [3.05, 3.63) is 30.3 Å². The van der Waals surface area contributed by atoms with E-state index in [1.807, 2.05) is 30.3 Å². The molecular formula is C6H7BCl2. The first-order valence-electron chi connectivity index (χ1n) is 2.20. The van der Waals surface area contributed by atoms with Gasteiger partial charge >= 0.3 is 0 Å². The van der Waals surface area contributed by atoms with Crippen LogP contribution in [0.15, 0.2) is 30.3 Å². The Hall–Kier alpha value is -0.135. The summed E-state index contributed by atoms with van der Waals surface area (Å²) in [5, 5.41) is 0. The Morgan fingerprint density at radius 2 is 1.33 bits per heavy atom. The van der Waals surface area contributed by atoms with E-state index in [0.717, 1.165) is 5.46 Å². The number of halogens is 2. The van der Waals surface area contributed by atoms with Crippen LogP contribution in [0.3, 0.4) is 0 Å². The predicted molar refractivity (Wildman–Crippen MR) is 46.3 cm³/mol. The molecule has 0 aliphatic rings. The molecule has 0 aromatic heterocycles. The van der Waals surface area contributed by atoms with Crippen molar-refractivity contribution in [1.29, 1.82) is 0 Å². The van der Waals surface area contributed by atoms with Gasteiger partial charge in [0.25, 0.3) is 0 Å². The van der Waals surface area contributed by atoms with Gasteiger partial charge < -0.3 is 0 Å². The van der Waals surface area contributed by atoms with Crippen LogP contribution >= 0.6 is 24.8 Å². The zero-order valence-corrected chi connectivity index (χ0v) is 6.41. The predicted octanol–water partition coefficient (Wildman–Crippen LogP) is 1.32. The molecule has 3 heteroatoms. The van der Waals surface area contributed by atoms with E-state index in [1.165, 1.54) is 0 Å². The first-order chi connectivity index (χ1) is 3.39. The van der Waals surface area contributed by atoms with Crippen LogP contribution in [-0.4, -0.2) is 7.85 Å². The van der Waals surface area contributed by atoms with Crippen LogP contribution < -0.4 is 5.46 Å². The molecule has 0 saturated carbocycles. The van der Waals surface area contributed by atoms with Gasteiger partial charge in [0.1, 0.15) is 7.85 Å². The summed E-state index contributed by atoms with van der Waals surface area (Å²) in [5.41, 5.74) is 0.822. The Morgan fingerprint density at radius 1 is 0.889 bits per heavy atom. The summed E-state index contributed by atoms with van der Waals surface area (Å²) >= 11 is 0. The first-order valence-corrected chi connectivity index (χ1v) is 2.20. The molecule has 48 valence electrons. The Bertz CT molecular complexity index is 141. The van der Waals surface area contributed by atoms with Crippen molar-refractivity contribution < 1.29 is 0 Å². The molecule has 0 bridgehead atoms. The van der Waals surface area contributed by atoms with E-state index in [2.05, 4.69) is 0 Å². The zero-order valence-electron chi connectivity index (χ0n) is 4.78. The number of hydrogen-bond donors (Lipinski definition) is 0. The molecule has 9 heavy (non-hydrogen) atoms. The van der Waals surface area contributed by atoms with Gasteiger partial charge in [0.2, 0.25) is 0 Å². The molecule has 0 saturated heterocycles. The third kappa shape index (κ3) is 4.37. The Balaban J connectivity index is 0. The molecule has 0 aliphatic carbocycles. The summed E-state index contributed by atoms with van der Waals surface area (Å²) in [4.78, 5) is 0. The monoisotopic (exact) mass is 160 g/mol. The van der Waals surface area contributed by atoms with Crippen molar-refractivity contribution in [2.75, 3.05) is 0 Å². The Labute approximate surface area is 68.9 Å². The highest BCUT2D eigenvalue weighted by atomic mass is 35.5. The number of rotatable bonds is 0. The summed E-state index contributed by atoms with van der Waals surface area (Å²) < 4.78 is 0. The maximum Gasteiger partial charge on any atom is 0.113 e. The lowest BCUT2D eigenvalue weighted by molar-refractivity contribution is 1.78. The van der Waals surface area contributed by atoms with Crippen LogP contribution in [0.5, 0.6) is 0 Å². The summed E-state index contributed by atoms with van der Waals surface area (Å²) in [6, 6.07) is 9.49. The zero-order chi connectivity index (χ0) is 5.11. The van der Waals surface area contributed by atoms with E-state index >= 15 is 0 Å². The van der Waals surface area contributed by atoms with Gasteiger partial charge in [0.15, 0.2) is 0 Å². The molecule has 0 fully saturated rings. The highest BCUT2D eigenvalue weighted by Crippen LogP contribution is 1.76. The fourth-order valence-corrected chi connectivity index (χ4v) is 0.453. The average molecular weight is 161 g/mol. The number of hydrogen-bond acceptors (Lipinski definition) is 0. The van der Waals surface area contributed by atoms with Gasteiger partial charge in [-0.05, 0) is 0 Å². The van der Waals surface area contributed by atoms with E-state index in [-0.39, 0.29) is 24.8 Å². The maximum atomic E-state index is 5.36. The van der Waals surface area contributed by atoms with Gasteiger partial charge in [-0.15, -0.1) is 24.8 Å². The third-order valence-corrected chi connectivity index (χ3v) is 0.800. The smallest absolute Gasteiger partial charge is 0.113 e. The van der Waals surface area contributed by atoms with Crippen LogP contribution in [0, 0.1) is 0 Å². The van der Waals surface area contributed by atoms with Crippen LogP contribution in [0.2, 0.25) is 0 Å². The Kier molecular flexibility index (Phi) is 7.75. The molecule has 0 heterocycles. The van der Waals surface area contributed by atoms with E-state index in [0.29, 0.717) is 0 Å². The second-order valence-electron chi connectivity index (χ2n) is 1.41. The van der Waals surface area contributed by atoms with Gasteiger partial charge in [-0.2, -0.15) is 0 Å². The lowest BCUT2D eigenvalue weighted by Gasteiger charge is -1.83. The molecule has 0 nitrogen and oxygen atoms in total. The fourth-order valence-electron chi connectivity index (χ4n) is 0.453. The van der Waals surface area contributed by atoms with Crippen molar-refractivity contribution in [2.45, 2.75) is 0 Å². The lowest BCUT2D eigenvalue weighted by Crippen LogP contribution is -1.97. The van der Waals surface area contributed by atoms with Crippen LogP contribution in [-0.2, 0) is 0 Å². The minimum atomic E-state index is 0. The van der Waals surface area contributed by atoms with Crippen LogP contribution in [0.4, 0.5) is 0 Å². The third-order valence-electron chi connectivity index (χ3n) is 0.800. The summed E-state index contributed by atoms with van der Waals surface area (Å²) in [6.45, 7) is 0. The summed E-state index contributed by atoms with van der Waals surface area (Å²) in [5.74, 6) is 0. The van der Waals surface area contributed by atoms with Crippen molar-refractivity contribution in [3.8, 4) is 0 Å². The van der Waals surface area contributed by atoms with E-state index in [9.17, 15) is 0 Å². The van der Waals surface area contributed by atoms with Crippen LogP contribution in [0.1, 0.15) is 0 Å². The normalized spacial score (nSPS) is 6.67. The van der Waals surface area contributed by atoms with Gasteiger partial charge in [-0.3, -0.25) is 0 Å². The molecule has 0 amide bonds. The number of benzene rings is 1. The molecule has 0 unspecified atom stereocenters. The van der Waals surface area contributed by atoms with Gasteiger partial charge in [0, 0.05) is 0 Å². The summed E-state index contributed by atoms with van der Waals surface area (Å²) in [7, 11) is 5.36. The molecule has 1 aromatic carbocycles. The molecule has 0 spiro atoms. The molecule has 1 rings (SSSR count). The molecule has 2 radical (unpaired) electrons.